The van der Waals surface area contributed by atoms with E-state index in [1.807, 2.05) is 60.7 Å². The Kier molecular flexibility index (Phi) is 6.18. The third kappa shape index (κ3) is 4.83. The fraction of sp³-hybridized carbons (Fsp3) is 0.222. The van der Waals surface area contributed by atoms with Gasteiger partial charge in [0, 0.05) is 19.2 Å². The van der Waals surface area contributed by atoms with Crippen LogP contribution in [0.3, 0.4) is 0 Å². The first-order valence-electron chi connectivity index (χ1n) is 7.33. The molecule has 1 atom stereocenters. The smallest absolute Gasteiger partial charge is 0.249 e. The van der Waals surface area contributed by atoms with Gasteiger partial charge in [-0.05, 0) is 17.7 Å². The van der Waals surface area contributed by atoms with Crippen LogP contribution in [0.1, 0.15) is 5.56 Å². The third-order valence-corrected chi connectivity index (χ3v) is 3.75. The van der Waals surface area contributed by atoms with Gasteiger partial charge in [0.25, 0.3) is 0 Å². The van der Waals surface area contributed by atoms with E-state index in [4.69, 9.17) is 11.6 Å². The van der Waals surface area contributed by atoms with Crippen molar-refractivity contribution in [3.63, 3.8) is 0 Å². The quantitative estimate of drug-likeness (QED) is 0.828. The summed E-state index contributed by atoms with van der Waals surface area (Å²) in [5.74, 6) is -0.714. The summed E-state index contributed by atoms with van der Waals surface area (Å²) in [6.45, 7) is 0. The van der Waals surface area contributed by atoms with Crippen molar-refractivity contribution >= 4 is 29.1 Å². The van der Waals surface area contributed by atoms with Crippen LogP contribution < -0.4 is 10.2 Å². The van der Waals surface area contributed by atoms with Gasteiger partial charge in [-0.25, -0.2) is 0 Å². The molecule has 2 aromatic carbocycles. The van der Waals surface area contributed by atoms with E-state index in [1.165, 1.54) is 0 Å². The van der Waals surface area contributed by atoms with Crippen LogP contribution in [-0.2, 0) is 16.0 Å². The molecule has 0 aliphatic rings. The van der Waals surface area contributed by atoms with Crippen molar-refractivity contribution in [2.24, 2.45) is 0 Å². The molecule has 0 aromatic heterocycles. The molecule has 4 nitrogen and oxygen atoms in total. The van der Waals surface area contributed by atoms with Crippen molar-refractivity contribution in [1.29, 1.82) is 0 Å². The number of para-hydroxylation sites is 1. The van der Waals surface area contributed by atoms with E-state index < -0.39 is 6.04 Å². The molecule has 0 spiro atoms. The van der Waals surface area contributed by atoms with Gasteiger partial charge in [0.1, 0.15) is 11.9 Å². The molecule has 2 aromatic rings. The first-order chi connectivity index (χ1) is 11.1. The molecule has 0 bridgehead atoms. The molecule has 2 rings (SSSR count). The summed E-state index contributed by atoms with van der Waals surface area (Å²) in [5, 5.41) is 2.70. The minimum absolute atomic E-state index is 0.173. The van der Waals surface area contributed by atoms with E-state index in [9.17, 15) is 9.59 Å². The van der Waals surface area contributed by atoms with Gasteiger partial charge < -0.3 is 10.2 Å². The number of likely N-dealkylation sites (N-methyl/N-ethyl adjacent to an activating group) is 1. The highest BCUT2D eigenvalue weighted by Crippen LogP contribution is 2.14. The number of hydrogen-bond acceptors (Lipinski definition) is 2. The van der Waals surface area contributed by atoms with Crippen LogP contribution in [0.25, 0.3) is 0 Å². The zero-order chi connectivity index (χ0) is 16.7. The Hall–Kier alpha value is -2.33. The lowest BCUT2D eigenvalue weighted by Crippen LogP contribution is -2.49. The lowest BCUT2D eigenvalue weighted by Gasteiger charge is -2.24. The maximum atomic E-state index is 12.8. The average molecular weight is 331 g/mol. The van der Waals surface area contributed by atoms with Crippen LogP contribution in [0.4, 0.5) is 5.69 Å². The number of halogens is 1. The highest BCUT2D eigenvalue weighted by Gasteiger charge is 2.24. The van der Waals surface area contributed by atoms with Crippen LogP contribution in [0.5, 0.6) is 0 Å². The maximum Gasteiger partial charge on any atom is 0.249 e. The molecule has 0 aliphatic carbocycles. The second kappa shape index (κ2) is 8.34. The summed E-state index contributed by atoms with van der Waals surface area (Å²) < 4.78 is 0. The number of hydrogen-bond donors (Lipinski definition) is 1. The fourth-order valence-corrected chi connectivity index (χ4v) is 2.37. The van der Waals surface area contributed by atoms with Crippen LogP contribution >= 0.6 is 11.6 Å². The Morgan fingerprint density at radius 2 is 1.61 bits per heavy atom. The molecular weight excluding hydrogens is 312 g/mol. The topological polar surface area (TPSA) is 49.4 Å². The second-order valence-corrected chi connectivity index (χ2v) is 5.44. The molecule has 0 fully saturated rings. The van der Waals surface area contributed by atoms with E-state index in [1.54, 1.807) is 11.9 Å². The number of rotatable bonds is 6. The molecule has 0 radical (unpaired) electrons. The standard InChI is InChI=1S/C18H19ClN2O2/c1-21(15-10-6-3-7-11-15)18(23)16(20-17(22)13-19)12-14-8-4-2-5-9-14/h2-11,16H,12-13H2,1H3,(H,20,22)/t16-/m0/s1. The molecule has 0 unspecified atom stereocenters. The minimum atomic E-state index is -0.658. The zero-order valence-corrected chi connectivity index (χ0v) is 13.7. The third-order valence-electron chi connectivity index (χ3n) is 3.51. The summed E-state index contributed by atoms with van der Waals surface area (Å²) in [6, 6.07) is 18.2. The monoisotopic (exact) mass is 330 g/mol. The molecule has 0 aliphatic heterocycles. The first-order valence-corrected chi connectivity index (χ1v) is 7.87. The molecule has 1 N–H and O–H groups in total. The molecule has 0 saturated heterocycles. The highest BCUT2D eigenvalue weighted by atomic mass is 35.5. The van der Waals surface area contributed by atoms with Gasteiger partial charge in [-0.1, -0.05) is 48.5 Å². The summed E-state index contributed by atoms with van der Waals surface area (Å²) in [7, 11) is 1.70. The van der Waals surface area contributed by atoms with E-state index >= 15 is 0 Å². The van der Waals surface area contributed by atoms with E-state index in [-0.39, 0.29) is 17.7 Å². The average Bonchev–Trinajstić information content (AvgIpc) is 2.61. The van der Waals surface area contributed by atoms with Crippen LogP contribution in [0.2, 0.25) is 0 Å². The van der Waals surface area contributed by atoms with E-state index in [2.05, 4.69) is 5.32 Å². The van der Waals surface area contributed by atoms with Crippen LogP contribution in [0, 0.1) is 0 Å². The summed E-state index contributed by atoms with van der Waals surface area (Å²) in [6.07, 6.45) is 0.416. The number of carbonyl (C=O) groups is 2. The zero-order valence-electron chi connectivity index (χ0n) is 12.9. The van der Waals surface area contributed by atoms with Crippen molar-refractivity contribution in [2.45, 2.75) is 12.5 Å². The predicted octanol–water partition coefficient (Wildman–Crippen LogP) is 2.62. The number of benzene rings is 2. The highest BCUT2D eigenvalue weighted by molar-refractivity contribution is 6.27. The molecule has 120 valence electrons. The Bertz CT molecular complexity index is 647. The van der Waals surface area contributed by atoms with Crippen molar-refractivity contribution in [2.75, 3.05) is 17.8 Å². The molecule has 5 heteroatoms. The maximum absolute atomic E-state index is 12.8. The lowest BCUT2D eigenvalue weighted by molar-refractivity contribution is -0.126. The fourth-order valence-electron chi connectivity index (χ4n) is 2.30. The van der Waals surface area contributed by atoms with Gasteiger partial charge in [0.15, 0.2) is 0 Å². The number of nitrogens with zero attached hydrogens (tertiary/aromatic N) is 1. The second-order valence-electron chi connectivity index (χ2n) is 5.18. The minimum Gasteiger partial charge on any atom is -0.343 e. The normalized spacial score (nSPS) is 11.6. The molecular formula is C18H19ClN2O2. The van der Waals surface area contributed by atoms with Gasteiger partial charge in [-0.3, -0.25) is 9.59 Å². The Morgan fingerprint density at radius 3 is 2.17 bits per heavy atom. The number of alkyl halides is 1. The van der Waals surface area contributed by atoms with E-state index in [0.717, 1.165) is 11.3 Å². The Labute approximate surface area is 141 Å². The van der Waals surface area contributed by atoms with Gasteiger partial charge in [0.05, 0.1) is 0 Å². The molecule has 0 heterocycles. The summed E-state index contributed by atoms with van der Waals surface area (Å²) in [5.41, 5.74) is 1.75. The number of nitrogens with one attached hydrogen (secondary N) is 1. The van der Waals surface area contributed by atoms with Crippen molar-refractivity contribution < 1.29 is 9.59 Å². The van der Waals surface area contributed by atoms with Crippen LogP contribution in [0.15, 0.2) is 60.7 Å². The molecule has 0 saturated carbocycles. The Morgan fingerprint density at radius 1 is 1.04 bits per heavy atom. The first kappa shape index (κ1) is 17.0. The van der Waals surface area contributed by atoms with Gasteiger partial charge in [0.2, 0.25) is 11.8 Å². The largest absolute Gasteiger partial charge is 0.343 e. The van der Waals surface area contributed by atoms with Crippen molar-refractivity contribution in [1.82, 2.24) is 5.32 Å². The van der Waals surface area contributed by atoms with Gasteiger partial charge >= 0.3 is 0 Å². The number of anilines is 1. The van der Waals surface area contributed by atoms with E-state index in [0.29, 0.717) is 6.42 Å². The SMILES string of the molecule is CN(C(=O)[C@H](Cc1ccccc1)NC(=O)CCl)c1ccccc1. The predicted molar refractivity (Wildman–Crippen MR) is 92.6 cm³/mol. The van der Waals surface area contributed by atoms with Crippen LogP contribution in [-0.4, -0.2) is 30.8 Å². The summed E-state index contributed by atoms with van der Waals surface area (Å²) >= 11 is 5.56. The van der Waals surface area contributed by atoms with Crippen molar-refractivity contribution in [3.05, 3.63) is 66.2 Å². The summed E-state index contributed by atoms with van der Waals surface area (Å²) in [4.78, 5) is 26.0. The number of carbonyl (C=O) groups excluding carboxylic acids is 2. The number of amides is 2. The lowest BCUT2D eigenvalue weighted by atomic mass is 10.0. The van der Waals surface area contributed by atoms with Crippen molar-refractivity contribution in [3.8, 4) is 0 Å². The molecule has 23 heavy (non-hydrogen) atoms. The Balaban J connectivity index is 2.18. The molecule has 2 amide bonds. The van der Waals surface area contributed by atoms with Gasteiger partial charge in [-0.2, -0.15) is 0 Å². The van der Waals surface area contributed by atoms with Gasteiger partial charge in [-0.15, -0.1) is 11.6 Å².